The zero-order chi connectivity index (χ0) is 15.9. The molecule has 116 valence electrons. The first-order valence-corrected chi connectivity index (χ1v) is 8.15. The fourth-order valence-corrected chi connectivity index (χ4v) is 2.76. The fourth-order valence-electron chi connectivity index (χ4n) is 2.12. The lowest BCUT2D eigenvalue weighted by atomic mass is 10.0. The van der Waals surface area contributed by atoms with Gasteiger partial charge in [-0.3, -0.25) is 9.59 Å². The Morgan fingerprint density at radius 3 is 2.50 bits per heavy atom. The van der Waals surface area contributed by atoms with Gasteiger partial charge in [0.25, 0.3) is 5.91 Å². The van der Waals surface area contributed by atoms with Gasteiger partial charge < -0.3 is 10.6 Å². The highest BCUT2D eigenvalue weighted by molar-refractivity contribution is 7.12. The molecule has 0 aliphatic rings. The molecule has 0 saturated carbocycles. The van der Waals surface area contributed by atoms with Gasteiger partial charge in [-0.2, -0.15) is 0 Å². The maximum atomic E-state index is 12.0. The van der Waals surface area contributed by atoms with E-state index in [1.54, 1.807) is 6.07 Å². The summed E-state index contributed by atoms with van der Waals surface area (Å²) in [5.41, 5.74) is 2.26. The summed E-state index contributed by atoms with van der Waals surface area (Å²) in [7, 11) is 0. The van der Waals surface area contributed by atoms with Crippen molar-refractivity contribution in [3.05, 3.63) is 57.8 Å². The van der Waals surface area contributed by atoms with Crippen molar-refractivity contribution in [1.82, 2.24) is 10.6 Å². The first-order chi connectivity index (χ1) is 10.6. The molecule has 22 heavy (non-hydrogen) atoms. The molecule has 1 atom stereocenters. The van der Waals surface area contributed by atoms with Crippen LogP contribution in [-0.4, -0.2) is 18.4 Å². The van der Waals surface area contributed by atoms with Crippen LogP contribution in [0.3, 0.4) is 0 Å². The number of hydrogen-bond donors (Lipinski definition) is 2. The van der Waals surface area contributed by atoms with Gasteiger partial charge in [0.15, 0.2) is 0 Å². The molecule has 5 heteroatoms. The van der Waals surface area contributed by atoms with Crippen LogP contribution in [-0.2, 0) is 4.79 Å². The van der Waals surface area contributed by atoms with Gasteiger partial charge in [-0.25, -0.2) is 0 Å². The maximum absolute atomic E-state index is 12.0. The van der Waals surface area contributed by atoms with Crippen LogP contribution < -0.4 is 10.6 Å². The van der Waals surface area contributed by atoms with Gasteiger partial charge in [-0.05, 0) is 30.4 Å². The van der Waals surface area contributed by atoms with Crippen molar-refractivity contribution in [3.8, 4) is 0 Å². The Balaban J connectivity index is 1.87. The van der Waals surface area contributed by atoms with Crippen molar-refractivity contribution in [1.29, 1.82) is 0 Å². The second kappa shape index (κ2) is 7.75. The quantitative estimate of drug-likeness (QED) is 0.860. The first-order valence-electron chi connectivity index (χ1n) is 7.27. The monoisotopic (exact) mass is 316 g/mol. The zero-order valence-corrected chi connectivity index (χ0v) is 13.6. The number of benzene rings is 1. The number of amides is 2. The van der Waals surface area contributed by atoms with E-state index in [0.717, 1.165) is 12.0 Å². The van der Waals surface area contributed by atoms with Crippen molar-refractivity contribution in [2.75, 3.05) is 6.54 Å². The van der Waals surface area contributed by atoms with Crippen LogP contribution in [0.1, 0.15) is 40.2 Å². The van der Waals surface area contributed by atoms with Gasteiger partial charge in [0.2, 0.25) is 5.91 Å². The molecule has 0 unspecified atom stereocenters. The highest BCUT2D eigenvalue weighted by atomic mass is 32.1. The van der Waals surface area contributed by atoms with E-state index in [9.17, 15) is 9.59 Å². The molecule has 2 aromatic rings. The molecule has 1 heterocycles. The van der Waals surface area contributed by atoms with E-state index in [1.807, 2.05) is 49.6 Å². The average molecular weight is 316 g/mol. The van der Waals surface area contributed by atoms with Crippen molar-refractivity contribution in [2.24, 2.45) is 0 Å². The Hall–Kier alpha value is -2.14. The fraction of sp³-hybridized carbons (Fsp3) is 0.294. The number of carbonyl (C=O) groups excluding carboxylic acids is 2. The minimum atomic E-state index is -0.214. The largest absolute Gasteiger partial charge is 0.348 e. The normalized spacial score (nSPS) is 11.7. The average Bonchev–Trinajstić information content (AvgIpc) is 3.05. The van der Waals surface area contributed by atoms with Crippen LogP contribution in [0.5, 0.6) is 0 Å². The summed E-state index contributed by atoms with van der Waals surface area (Å²) in [6, 6.07) is 11.6. The lowest BCUT2D eigenvalue weighted by molar-refractivity contribution is -0.120. The first kappa shape index (κ1) is 16.2. The lowest BCUT2D eigenvalue weighted by Crippen LogP contribution is -2.38. The van der Waals surface area contributed by atoms with Gasteiger partial charge in [0.05, 0.1) is 17.5 Å². The number of carbonyl (C=O) groups is 2. The summed E-state index contributed by atoms with van der Waals surface area (Å²) >= 11 is 1.36. The third-order valence-electron chi connectivity index (χ3n) is 3.38. The van der Waals surface area contributed by atoms with Crippen LogP contribution in [0, 0.1) is 6.92 Å². The molecule has 0 fully saturated rings. The molecule has 0 spiro atoms. The third kappa shape index (κ3) is 4.43. The van der Waals surface area contributed by atoms with E-state index >= 15 is 0 Å². The summed E-state index contributed by atoms with van der Waals surface area (Å²) in [6.07, 6.45) is 0.799. The highest BCUT2D eigenvalue weighted by Crippen LogP contribution is 2.16. The van der Waals surface area contributed by atoms with E-state index in [4.69, 9.17) is 0 Å². The second-order valence-electron chi connectivity index (χ2n) is 5.10. The summed E-state index contributed by atoms with van der Waals surface area (Å²) in [5.74, 6) is -0.397. The van der Waals surface area contributed by atoms with Gasteiger partial charge in [0, 0.05) is 0 Å². The Morgan fingerprint density at radius 2 is 1.91 bits per heavy atom. The third-order valence-corrected chi connectivity index (χ3v) is 4.25. The minimum Gasteiger partial charge on any atom is -0.348 e. The molecule has 4 nitrogen and oxygen atoms in total. The predicted octanol–water partition coefficient (Wildman–Crippen LogP) is 3.05. The smallest absolute Gasteiger partial charge is 0.261 e. The summed E-state index contributed by atoms with van der Waals surface area (Å²) in [5, 5.41) is 7.42. The van der Waals surface area contributed by atoms with Gasteiger partial charge in [-0.1, -0.05) is 42.8 Å². The molecule has 0 aliphatic carbocycles. The molecule has 0 aliphatic heterocycles. The van der Waals surface area contributed by atoms with Gasteiger partial charge >= 0.3 is 0 Å². The molecular weight excluding hydrogens is 296 g/mol. The Bertz CT molecular complexity index is 621. The van der Waals surface area contributed by atoms with E-state index in [2.05, 4.69) is 10.6 Å². The topological polar surface area (TPSA) is 58.2 Å². The number of rotatable bonds is 6. The number of nitrogens with one attached hydrogen (secondary N) is 2. The van der Waals surface area contributed by atoms with E-state index in [-0.39, 0.29) is 24.4 Å². The van der Waals surface area contributed by atoms with Crippen LogP contribution in [0.2, 0.25) is 0 Å². The SMILES string of the molecule is CC[C@H](NC(=O)CNC(=O)c1cccs1)c1ccc(C)cc1. The predicted molar refractivity (Wildman–Crippen MR) is 89.0 cm³/mol. The van der Waals surface area contributed by atoms with Crippen molar-refractivity contribution < 1.29 is 9.59 Å². The Morgan fingerprint density at radius 1 is 1.18 bits per heavy atom. The standard InChI is InChI=1S/C17H20N2O2S/c1-3-14(13-8-6-12(2)7-9-13)19-16(20)11-18-17(21)15-5-4-10-22-15/h4-10,14H,3,11H2,1-2H3,(H,18,21)(H,19,20)/t14-/m0/s1. The van der Waals surface area contributed by atoms with E-state index < -0.39 is 0 Å². The molecule has 2 rings (SSSR count). The van der Waals surface area contributed by atoms with Crippen LogP contribution in [0.4, 0.5) is 0 Å². The molecule has 0 saturated heterocycles. The summed E-state index contributed by atoms with van der Waals surface area (Å²) < 4.78 is 0. The van der Waals surface area contributed by atoms with Crippen LogP contribution in [0.15, 0.2) is 41.8 Å². The lowest BCUT2D eigenvalue weighted by Gasteiger charge is -2.18. The van der Waals surface area contributed by atoms with Gasteiger partial charge in [0.1, 0.15) is 0 Å². The van der Waals surface area contributed by atoms with E-state index in [0.29, 0.717) is 4.88 Å². The van der Waals surface area contributed by atoms with Crippen molar-refractivity contribution >= 4 is 23.2 Å². The number of thiophene rings is 1. The molecule has 2 amide bonds. The Labute approximate surface area is 134 Å². The molecule has 2 N–H and O–H groups in total. The summed E-state index contributed by atoms with van der Waals surface area (Å²) in [6.45, 7) is 4.04. The number of aryl methyl sites for hydroxylation is 1. The van der Waals surface area contributed by atoms with Crippen LogP contribution in [0.25, 0.3) is 0 Å². The van der Waals surface area contributed by atoms with E-state index in [1.165, 1.54) is 16.9 Å². The summed E-state index contributed by atoms with van der Waals surface area (Å²) in [4.78, 5) is 24.4. The molecule has 1 aromatic heterocycles. The number of hydrogen-bond acceptors (Lipinski definition) is 3. The Kier molecular flexibility index (Phi) is 5.72. The highest BCUT2D eigenvalue weighted by Gasteiger charge is 2.14. The van der Waals surface area contributed by atoms with Crippen LogP contribution >= 0.6 is 11.3 Å². The molecule has 0 bridgehead atoms. The van der Waals surface area contributed by atoms with Gasteiger partial charge in [-0.15, -0.1) is 11.3 Å². The molecular formula is C17H20N2O2S. The second-order valence-corrected chi connectivity index (χ2v) is 6.05. The maximum Gasteiger partial charge on any atom is 0.261 e. The molecule has 1 aromatic carbocycles. The molecule has 0 radical (unpaired) electrons. The van der Waals surface area contributed by atoms with Crippen molar-refractivity contribution in [3.63, 3.8) is 0 Å². The van der Waals surface area contributed by atoms with Crippen molar-refractivity contribution in [2.45, 2.75) is 26.3 Å². The zero-order valence-electron chi connectivity index (χ0n) is 12.8. The minimum absolute atomic E-state index is 0.0148.